The summed E-state index contributed by atoms with van der Waals surface area (Å²) >= 11 is 0. The number of halogens is 1. The summed E-state index contributed by atoms with van der Waals surface area (Å²) in [7, 11) is 0. The molecule has 2 aromatic rings. The molecule has 0 aliphatic heterocycles. The number of hydrogen-bond donors (Lipinski definition) is 1. The Morgan fingerprint density at radius 1 is 1.15 bits per heavy atom. The van der Waals surface area contributed by atoms with E-state index in [1.54, 1.807) is 18.2 Å². The van der Waals surface area contributed by atoms with Crippen LogP contribution in [0.2, 0.25) is 0 Å². The molecule has 0 aromatic heterocycles. The van der Waals surface area contributed by atoms with E-state index in [0.717, 1.165) is 11.1 Å². The molecule has 1 atom stereocenters. The number of rotatable bonds is 4. The monoisotopic (exact) mass is 272 g/mol. The lowest BCUT2D eigenvalue weighted by Gasteiger charge is -2.15. The molecular weight excluding hydrogens is 255 g/mol. The summed E-state index contributed by atoms with van der Waals surface area (Å²) in [5.74, 6) is -2.02. The highest BCUT2D eigenvalue weighted by molar-refractivity contribution is 5.76. The second kappa shape index (κ2) is 5.87. The van der Waals surface area contributed by atoms with E-state index < -0.39 is 11.9 Å². The van der Waals surface area contributed by atoms with Crippen LogP contribution in [0.15, 0.2) is 42.5 Å². The third-order valence-electron chi connectivity index (χ3n) is 3.61. The molecule has 0 aliphatic rings. The van der Waals surface area contributed by atoms with Crippen LogP contribution in [-0.4, -0.2) is 11.1 Å². The first kappa shape index (κ1) is 14.3. The number of carboxylic acids is 1. The molecule has 2 rings (SSSR count). The van der Waals surface area contributed by atoms with Gasteiger partial charge in [-0.05, 0) is 48.6 Å². The standard InChI is InChI=1S/C17H17FO2/c1-11-7-8-13(9-12(11)2)15(17(19)20)10-14-5-3-4-6-16(14)18/h3-9,15H,10H2,1-2H3,(H,19,20). The van der Waals surface area contributed by atoms with Crippen molar-refractivity contribution >= 4 is 5.97 Å². The highest BCUT2D eigenvalue weighted by Gasteiger charge is 2.22. The Kier molecular flexibility index (Phi) is 4.18. The van der Waals surface area contributed by atoms with Crippen molar-refractivity contribution in [2.75, 3.05) is 0 Å². The van der Waals surface area contributed by atoms with E-state index in [1.165, 1.54) is 6.07 Å². The van der Waals surface area contributed by atoms with Gasteiger partial charge in [-0.2, -0.15) is 0 Å². The van der Waals surface area contributed by atoms with Crippen molar-refractivity contribution < 1.29 is 14.3 Å². The zero-order valence-corrected chi connectivity index (χ0v) is 11.6. The molecule has 2 nitrogen and oxygen atoms in total. The van der Waals surface area contributed by atoms with Gasteiger partial charge in [0.2, 0.25) is 0 Å². The molecule has 0 spiro atoms. The van der Waals surface area contributed by atoms with Crippen molar-refractivity contribution in [2.45, 2.75) is 26.2 Å². The van der Waals surface area contributed by atoms with Gasteiger partial charge >= 0.3 is 5.97 Å². The quantitative estimate of drug-likeness (QED) is 0.917. The smallest absolute Gasteiger partial charge is 0.311 e. The fourth-order valence-electron chi connectivity index (χ4n) is 2.21. The number of aliphatic carboxylic acids is 1. The highest BCUT2D eigenvalue weighted by Crippen LogP contribution is 2.24. The van der Waals surface area contributed by atoms with E-state index in [1.807, 2.05) is 32.0 Å². The van der Waals surface area contributed by atoms with Crippen molar-refractivity contribution in [3.05, 3.63) is 70.5 Å². The molecule has 0 heterocycles. The fraction of sp³-hybridized carbons (Fsp3) is 0.235. The third-order valence-corrected chi connectivity index (χ3v) is 3.61. The Labute approximate surface area is 117 Å². The summed E-state index contributed by atoms with van der Waals surface area (Å²) in [5.41, 5.74) is 3.30. The molecule has 1 unspecified atom stereocenters. The molecule has 0 radical (unpaired) electrons. The third kappa shape index (κ3) is 3.05. The predicted octanol–water partition coefficient (Wildman–Crippen LogP) is 3.85. The van der Waals surface area contributed by atoms with Crippen LogP contribution in [0.3, 0.4) is 0 Å². The van der Waals surface area contributed by atoms with Crippen molar-refractivity contribution in [3.63, 3.8) is 0 Å². The van der Waals surface area contributed by atoms with E-state index in [0.29, 0.717) is 11.1 Å². The van der Waals surface area contributed by atoms with E-state index in [-0.39, 0.29) is 12.2 Å². The van der Waals surface area contributed by atoms with Crippen LogP contribution in [0.1, 0.15) is 28.2 Å². The first-order chi connectivity index (χ1) is 9.49. The zero-order chi connectivity index (χ0) is 14.7. The Bertz CT molecular complexity index is 635. The summed E-state index contributed by atoms with van der Waals surface area (Å²) in [5, 5.41) is 9.42. The first-order valence-corrected chi connectivity index (χ1v) is 6.52. The van der Waals surface area contributed by atoms with Gasteiger partial charge in [-0.3, -0.25) is 4.79 Å². The molecule has 104 valence electrons. The summed E-state index contributed by atoms with van der Waals surface area (Å²) in [6, 6.07) is 11.9. The minimum atomic E-state index is -0.934. The van der Waals surface area contributed by atoms with Gasteiger partial charge in [0.05, 0.1) is 5.92 Å². The lowest BCUT2D eigenvalue weighted by atomic mass is 9.90. The number of carboxylic acid groups (broad SMARTS) is 1. The number of benzene rings is 2. The number of carbonyl (C=O) groups is 1. The van der Waals surface area contributed by atoms with Gasteiger partial charge in [0, 0.05) is 0 Å². The molecule has 0 fully saturated rings. The molecule has 2 aromatic carbocycles. The Morgan fingerprint density at radius 3 is 2.45 bits per heavy atom. The van der Waals surface area contributed by atoms with Gasteiger partial charge in [-0.1, -0.05) is 36.4 Å². The van der Waals surface area contributed by atoms with Crippen LogP contribution < -0.4 is 0 Å². The summed E-state index contributed by atoms with van der Waals surface area (Å²) in [6.45, 7) is 3.92. The Balaban J connectivity index is 2.34. The lowest BCUT2D eigenvalue weighted by Crippen LogP contribution is -2.15. The van der Waals surface area contributed by atoms with Crippen molar-refractivity contribution in [2.24, 2.45) is 0 Å². The minimum absolute atomic E-state index is 0.157. The first-order valence-electron chi connectivity index (χ1n) is 6.52. The summed E-state index contributed by atoms with van der Waals surface area (Å²) in [4.78, 5) is 11.5. The van der Waals surface area contributed by atoms with Gasteiger partial charge in [0.1, 0.15) is 5.82 Å². The van der Waals surface area contributed by atoms with Crippen LogP contribution in [0.5, 0.6) is 0 Å². The second-order valence-electron chi connectivity index (χ2n) is 5.03. The molecule has 3 heteroatoms. The molecule has 0 bridgehead atoms. The van der Waals surface area contributed by atoms with Gasteiger partial charge in [-0.15, -0.1) is 0 Å². The van der Waals surface area contributed by atoms with Crippen LogP contribution >= 0.6 is 0 Å². The highest BCUT2D eigenvalue weighted by atomic mass is 19.1. The second-order valence-corrected chi connectivity index (χ2v) is 5.03. The normalized spacial score (nSPS) is 12.2. The van der Waals surface area contributed by atoms with Gasteiger partial charge in [-0.25, -0.2) is 4.39 Å². The average Bonchev–Trinajstić information content (AvgIpc) is 2.41. The Morgan fingerprint density at radius 2 is 1.85 bits per heavy atom. The van der Waals surface area contributed by atoms with Crippen molar-refractivity contribution in [3.8, 4) is 0 Å². The molecular formula is C17H17FO2. The van der Waals surface area contributed by atoms with Gasteiger partial charge in [0.15, 0.2) is 0 Å². The minimum Gasteiger partial charge on any atom is -0.481 e. The van der Waals surface area contributed by atoms with Crippen LogP contribution in [0.4, 0.5) is 4.39 Å². The average molecular weight is 272 g/mol. The maximum Gasteiger partial charge on any atom is 0.311 e. The van der Waals surface area contributed by atoms with E-state index in [4.69, 9.17) is 0 Å². The van der Waals surface area contributed by atoms with Crippen LogP contribution in [-0.2, 0) is 11.2 Å². The molecule has 1 N–H and O–H groups in total. The molecule has 20 heavy (non-hydrogen) atoms. The SMILES string of the molecule is Cc1ccc(C(Cc2ccccc2F)C(=O)O)cc1C. The molecule has 0 saturated heterocycles. The topological polar surface area (TPSA) is 37.3 Å². The molecule has 0 saturated carbocycles. The zero-order valence-electron chi connectivity index (χ0n) is 11.6. The number of hydrogen-bond acceptors (Lipinski definition) is 1. The summed E-state index contributed by atoms with van der Waals surface area (Å²) in [6.07, 6.45) is 0.157. The van der Waals surface area contributed by atoms with Crippen LogP contribution in [0, 0.1) is 19.7 Å². The lowest BCUT2D eigenvalue weighted by molar-refractivity contribution is -0.138. The fourth-order valence-corrected chi connectivity index (χ4v) is 2.21. The number of aryl methyl sites for hydroxylation is 2. The van der Waals surface area contributed by atoms with E-state index in [2.05, 4.69) is 0 Å². The van der Waals surface area contributed by atoms with Crippen molar-refractivity contribution in [1.29, 1.82) is 0 Å². The van der Waals surface area contributed by atoms with Gasteiger partial charge in [0.25, 0.3) is 0 Å². The van der Waals surface area contributed by atoms with Gasteiger partial charge < -0.3 is 5.11 Å². The van der Waals surface area contributed by atoms with E-state index in [9.17, 15) is 14.3 Å². The largest absolute Gasteiger partial charge is 0.481 e. The Hall–Kier alpha value is -2.16. The maximum absolute atomic E-state index is 13.7. The maximum atomic E-state index is 13.7. The molecule has 0 amide bonds. The molecule has 0 aliphatic carbocycles. The summed E-state index contributed by atoms with van der Waals surface area (Å²) < 4.78 is 13.7. The van der Waals surface area contributed by atoms with Crippen molar-refractivity contribution in [1.82, 2.24) is 0 Å². The van der Waals surface area contributed by atoms with Crippen LogP contribution in [0.25, 0.3) is 0 Å². The van der Waals surface area contributed by atoms with E-state index >= 15 is 0 Å². The predicted molar refractivity (Wildman–Crippen MR) is 76.4 cm³/mol.